The number of carbonyl (C=O) groups is 1. The summed E-state index contributed by atoms with van der Waals surface area (Å²) in [4.78, 5) is 12.4. The van der Waals surface area contributed by atoms with Gasteiger partial charge in [-0.15, -0.1) is 0 Å². The van der Waals surface area contributed by atoms with Crippen molar-refractivity contribution in [2.75, 3.05) is 5.73 Å². The topological polar surface area (TPSA) is 83.8 Å². The van der Waals surface area contributed by atoms with Crippen molar-refractivity contribution in [2.24, 2.45) is 5.92 Å². The van der Waals surface area contributed by atoms with Crippen LogP contribution in [-0.2, 0) is 0 Å². The summed E-state index contributed by atoms with van der Waals surface area (Å²) in [5.74, 6) is 0.420. The lowest BCUT2D eigenvalue weighted by Gasteiger charge is -2.29. The zero-order chi connectivity index (χ0) is 14.1. The van der Waals surface area contributed by atoms with Crippen LogP contribution in [0.15, 0.2) is 18.2 Å². The van der Waals surface area contributed by atoms with Crippen LogP contribution in [0.4, 0.5) is 5.69 Å². The molecule has 106 valence electrons. The summed E-state index contributed by atoms with van der Waals surface area (Å²) in [6.07, 6.45) is 4.68. The van der Waals surface area contributed by atoms with E-state index in [2.05, 4.69) is 22.4 Å². The van der Waals surface area contributed by atoms with E-state index in [-0.39, 0.29) is 11.9 Å². The number of aromatic nitrogens is 2. The van der Waals surface area contributed by atoms with E-state index in [4.69, 9.17) is 5.73 Å². The molecule has 4 N–H and O–H groups in total. The monoisotopic (exact) mass is 272 g/mol. The Labute approximate surface area is 117 Å². The summed E-state index contributed by atoms with van der Waals surface area (Å²) >= 11 is 0. The highest BCUT2D eigenvalue weighted by Gasteiger charge is 2.24. The second-order valence-corrected chi connectivity index (χ2v) is 5.72. The normalized spacial score (nSPS) is 22.9. The van der Waals surface area contributed by atoms with Crippen molar-refractivity contribution in [2.45, 2.75) is 38.6 Å². The molecule has 1 fully saturated rings. The molecule has 0 radical (unpaired) electrons. The summed E-state index contributed by atoms with van der Waals surface area (Å²) in [5, 5.41) is 10.9. The Bertz CT molecular complexity index is 634. The lowest BCUT2D eigenvalue weighted by atomic mass is 9.86. The third-order valence-corrected chi connectivity index (χ3v) is 4.23. The number of nitrogens with two attached hydrogens (primary N) is 1. The molecule has 5 heteroatoms. The van der Waals surface area contributed by atoms with Crippen molar-refractivity contribution in [1.82, 2.24) is 15.5 Å². The molecule has 2 atom stereocenters. The third kappa shape index (κ3) is 2.35. The number of nitrogens with one attached hydrogen (secondary N) is 2. The van der Waals surface area contributed by atoms with Crippen molar-refractivity contribution < 1.29 is 4.79 Å². The van der Waals surface area contributed by atoms with Crippen molar-refractivity contribution in [3.05, 3.63) is 23.9 Å². The first-order valence-electron chi connectivity index (χ1n) is 7.19. The van der Waals surface area contributed by atoms with Crippen LogP contribution in [0.2, 0.25) is 0 Å². The van der Waals surface area contributed by atoms with Crippen LogP contribution >= 0.6 is 0 Å². The van der Waals surface area contributed by atoms with Gasteiger partial charge in [-0.1, -0.05) is 19.8 Å². The van der Waals surface area contributed by atoms with E-state index >= 15 is 0 Å². The number of anilines is 1. The van der Waals surface area contributed by atoms with Gasteiger partial charge in [0, 0.05) is 17.1 Å². The highest BCUT2D eigenvalue weighted by Crippen LogP contribution is 2.25. The number of hydrogen-bond donors (Lipinski definition) is 3. The van der Waals surface area contributed by atoms with Gasteiger partial charge >= 0.3 is 0 Å². The number of carbonyl (C=O) groups excluding carboxylic acids is 1. The quantitative estimate of drug-likeness (QED) is 0.734. The fourth-order valence-corrected chi connectivity index (χ4v) is 2.97. The van der Waals surface area contributed by atoms with E-state index in [0.29, 0.717) is 17.3 Å². The highest BCUT2D eigenvalue weighted by molar-refractivity contribution is 6.05. The maximum atomic E-state index is 12.4. The molecule has 1 aliphatic rings. The lowest BCUT2D eigenvalue weighted by Crippen LogP contribution is -2.41. The van der Waals surface area contributed by atoms with Gasteiger partial charge in [-0.2, -0.15) is 5.10 Å². The first-order chi connectivity index (χ1) is 9.65. The van der Waals surface area contributed by atoms with Crippen LogP contribution in [0.3, 0.4) is 0 Å². The molecule has 0 spiro atoms. The molecule has 1 aromatic heterocycles. The van der Waals surface area contributed by atoms with Crippen LogP contribution in [0.5, 0.6) is 0 Å². The Kier molecular flexibility index (Phi) is 3.34. The second-order valence-electron chi connectivity index (χ2n) is 5.72. The number of nitrogen functional groups attached to an aromatic ring is 1. The molecule has 5 nitrogen and oxygen atoms in total. The van der Waals surface area contributed by atoms with Crippen LogP contribution in [0, 0.1) is 5.92 Å². The van der Waals surface area contributed by atoms with Crippen LogP contribution in [-0.4, -0.2) is 22.1 Å². The minimum Gasteiger partial charge on any atom is -0.399 e. The first-order valence-corrected chi connectivity index (χ1v) is 7.19. The van der Waals surface area contributed by atoms with Gasteiger partial charge in [-0.3, -0.25) is 9.89 Å². The minimum atomic E-state index is -0.111. The predicted molar refractivity (Wildman–Crippen MR) is 79.4 cm³/mol. The molecule has 3 rings (SSSR count). The maximum absolute atomic E-state index is 12.4. The van der Waals surface area contributed by atoms with Crippen molar-refractivity contribution in [3.8, 4) is 0 Å². The first kappa shape index (κ1) is 13.0. The fourth-order valence-electron chi connectivity index (χ4n) is 2.97. The van der Waals surface area contributed by atoms with Gasteiger partial charge in [0.15, 0.2) is 5.69 Å². The molecule has 0 aliphatic heterocycles. The molecule has 2 unspecified atom stereocenters. The van der Waals surface area contributed by atoms with Gasteiger partial charge in [0.25, 0.3) is 5.91 Å². The van der Waals surface area contributed by atoms with Crippen LogP contribution in [0.1, 0.15) is 43.1 Å². The van der Waals surface area contributed by atoms with Gasteiger partial charge < -0.3 is 11.1 Å². The molecule has 20 heavy (non-hydrogen) atoms. The Morgan fingerprint density at radius 1 is 1.40 bits per heavy atom. The third-order valence-electron chi connectivity index (χ3n) is 4.23. The molecule has 1 amide bonds. The molecular formula is C15H20N4O. The number of amides is 1. The summed E-state index contributed by atoms with van der Waals surface area (Å²) in [7, 11) is 0. The average molecular weight is 272 g/mol. The Morgan fingerprint density at radius 3 is 3.00 bits per heavy atom. The van der Waals surface area contributed by atoms with Crippen LogP contribution < -0.4 is 11.1 Å². The molecule has 1 aromatic carbocycles. The second kappa shape index (κ2) is 5.15. The molecule has 1 aliphatic carbocycles. The summed E-state index contributed by atoms with van der Waals surface area (Å²) in [6, 6.07) is 5.69. The average Bonchev–Trinajstić information content (AvgIpc) is 2.84. The Morgan fingerprint density at radius 2 is 2.20 bits per heavy atom. The van der Waals surface area contributed by atoms with E-state index in [9.17, 15) is 4.79 Å². The smallest absolute Gasteiger partial charge is 0.272 e. The Balaban J connectivity index is 1.83. The Hall–Kier alpha value is -2.04. The zero-order valence-corrected chi connectivity index (χ0v) is 11.6. The van der Waals surface area contributed by atoms with E-state index < -0.39 is 0 Å². The van der Waals surface area contributed by atoms with Gasteiger partial charge in [0.05, 0.1) is 5.52 Å². The van der Waals surface area contributed by atoms with Gasteiger partial charge in [0.1, 0.15) is 0 Å². The minimum absolute atomic E-state index is 0.111. The largest absolute Gasteiger partial charge is 0.399 e. The van der Waals surface area contributed by atoms with Crippen molar-refractivity contribution in [3.63, 3.8) is 0 Å². The molecule has 1 heterocycles. The summed E-state index contributed by atoms with van der Waals surface area (Å²) in [5.41, 5.74) is 7.69. The van der Waals surface area contributed by atoms with E-state index in [1.54, 1.807) is 12.1 Å². The molecule has 1 saturated carbocycles. The molecule has 0 saturated heterocycles. The zero-order valence-electron chi connectivity index (χ0n) is 11.6. The number of fused-ring (bicyclic) bond motifs is 1. The lowest BCUT2D eigenvalue weighted by molar-refractivity contribution is 0.0907. The molecule has 2 aromatic rings. The fraction of sp³-hybridized carbons (Fsp3) is 0.467. The van der Waals surface area contributed by atoms with Crippen molar-refractivity contribution in [1.29, 1.82) is 0 Å². The number of aromatic amines is 1. The van der Waals surface area contributed by atoms with E-state index in [1.165, 1.54) is 19.3 Å². The number of H-pyrrole nitrogens is 1. The van der Waals surface area contributed by atoms with Crippen molar-refractivity contribution >= 4 is 22.5 Å². The number of benzene rings is 1. The standard InChI is InChI=1S/C15H20N4O/c1-9-4-2-3-5-12(9)17-15(20)14-11-8-10(16)6-7-13(11)18-19-14/h6-9,12H,2-5,16H2,1H3,(H,17,20)(H,18,19). The molecule has 0 bridgehead atoms. The van der Waals surface area contributed by atoms with Crippen LogP contribution in [0.25, 0.3) is 10.9 Å². The summed E-state index contributed by atoms with van der Waals surface area (Å²) in [6.45, 7) is 2.20. The van der Waals surface area contributed by atoms with E-state index in [0.717, 1.165) is 17.3 Å². The van der Waals surface area contributed by atoms with Gasteiger partial charge in [-0.05, 0) is 37.0 Å². The van der Waals surface area contributed by atoms with Gasteiger partial charge in [-0.25, -0.2) is 0 Å². The number of rotatable bonds is 2. The number of hydrogen-bond acceptors (Lipinski definition) is 3. The predicted octanol–water partition coefficient (Wildman–Crippen LogP) is 2.45. The van der Waals surface area contributed by atoms with Gasteiger partial charge in [0.2, 0.25) is 0 Å². The highest BCUT2D eigenvalue weighted by atomic mass is 16.2. The number of nitrogens with zero attached hydrogens (tertiary/aromatic N) is 1. The SMILES string of the molecule is CC1CCCCC1NC(=O)c1n[nH]c2ccc(N)cc12. The maximum Gasteiger partial charge on any atom is 0.272 e. The van der Waals surface area contributed by atoms with E-state index in [1.807, 2.05) is 6.07 Å². The summed E-state index contributed by atoms with van der Waals surface area (Å²) < 4.78 is 0. The molecular weight excluding hydrogens is 252 g/mol.